The predicted octanol–water partition coefficient (Wildman–Crippen LogP) is 1.27. The van der Waals surface area contributed by atoms with Crippen molar-refractivity contribution in [2.24, 2.45) is 11.8 Å². The largest absolute Gasteiger partial charge is 0.465 e. The molecule has 58 heteroatoms. The third-order valence-electron chi connectivity index (χ3n) is 19.7. The number of halogens is 3. The van der Waals surface area contributed by atoms with E-state index in [0.29, 0.717) is 25.5 Å². The van der Waals surface area contributed by atoms with Gasteiger partial charge in [-0.15, -0.1) is 0 Å². The number of esters is 11. The first-order chi connectivity index (χ1) is 63.8. The van der Waals surface area contributed by atoms with Gasteiger partial charge >= 0.3 is 89.1 Å². The number of anilines is 4. The van der Waals surface area contributed by atoms with Gasteiger partial charge in [-0.05, 0) is 50.4 Å². The van der Waals surface area contributed by atoms with Crippen LogP contribution < -0.4 is 54.9 Å². The number of aliphatic hydroxyl groups is 3. The molecule has 0 bridgehead atoms. The van der Waals surface area contributed by atoms with E-state index in [9.17, 15) is 87.2 Å². The second-order valence-corrected chi connectivity index (χ2v) is 32.1. The van der Waals surface area contributed by atoms with Crippen LogP contribution in [0.1, 0.15) is 166 Å². The molecular formula is C79H106BrCl2N20O34Pd-. The first kappa shape index (κ1) is 112. The Hall–Kier alpha value is -12.0. The number of rotatable bonds is 28. The second-order valence-electron chi connectivity index (χ2n) is 30.8. The van der Waals surface area contributed by atoms with Crippen LogP contribution in [0, 0.1) is 19.3 Å². The van der Waals surface area contributed by atoms with Crippen molar-refractivity contribution in [1.82, 2.24) is 77.7 Å². The molecular weight excluding hydrogens is 2030 g/mol. The Balaban J connectivity index is 0.000000238. The van der Waals surface area contributed by atoms with Crippen molar-refractivity contribution in [3.8, 4) is 12.0 Å². The topological polar surface area (TPSA) is 744 Å². The number of aromatic nitrogens is 16. The third-order valence-corrected chi connectivity index (χ3v) is 21.2. The van der Waals surface area contributed by atoms with E-state index in [1.807, 2.05) is 13.8 Å². The smallest absolute Gasteiger partial charge is 0.332 e. The molecule has 137 heavy (non-hydrogen) atoms. The van der Waals surface area contributed by atoms with Crippen molar-refractivity contribution >= 4 is 173 Å². The Morgan fingerprint density at radius 3 is 1.15 bits per heavy atom. The number of carbonyl (C=O) groups is 11. The molecule has 14 rings (SSSR count). The number of aromatic amines is 3. The van der Waals surface area contributed by atoms with E-state index in [4.69, 9.17) is 117 Å². The van der Waals surface area contributed by atoms with Crippen molar-refractivity contribution in [1.29, 1.82) is 0 Å². The summed E-state index contributed by atoms with van der Waals surface area (Å²) in [6.45, 7) is 16.5. The SMILES string of the molecule is BrCC1CC1.CC(=O)OC(C)=O.CC(=O)OC[C@H]1O[C@@H](n2c(=O)[nH]c3c(Cl)nc(N)nc32)[C@H](OC(C)=O)[C@H]1OC(C)=O.CC(=O)OC[C@H]1O[C@@H](n2c(=O)n(CC3CC3)c3c(Cl)nc(N)nc32)[C@H](OC(C)=O)[C@H]1OC(C)=O.CCCCOc1nc2c(=O)[nH]c(N)nc2n1[C@@H]1O[C@H](CO)[C@H](O)[C@H]1O.CCCCOc1nc2c(=O)[nH]c(N)nc2n1[C@@H]1O[C@H](COC(C)=O)[C@H](OC(C)=O)[C@H]1OC(C)=O.[CH3-].[Pd]. The van der Waals surface area contributed by atoms with E-state index in [2.05, 4.69) is 75.5 Å². The van der Waals surface area contributed by atoms with Gasteiger partial charge in [-0.1, -0.05) is 65.8 Å². The van der Waals surface area contributed by atoms with Gasteiger partial charge in [-0.2, -0.15) is 39.9 Å². The van der Waals surface area contributed by atoms with Crippen molar-refractivity contribution in [2.45, 2.75) is 246 Å². The van der Waals surface area contributed by atoms with Crippen LogP contribution in [0.5, 0.6) is 12.0 Å². The number of nitrogen functional groups attached to an aromatic ring is 4. The minimum atomic E-state index is -1.37. The van der Waals surface area contributed by atoms with Crippen LogP contribution >= 0.6 is 39.1 Å². The van der Waals surface area contributed by atoms with Gasteiger partial charge in [0.1, 0.15) is 67.5 Å². The summed E-state index contributed by atoms with van der Waals surface area (Å²) in [5, 5.41) is 30.7. The maximum Gasteiger partial charge on any atom is 0.332 e. The quantitative estimate of drug-likeness (QED) is 0.00482. The summed E-state index contributed by atoms with van der Waals surface area (Å²) in [4.78, 5) is 215. The molecule has 6 aliphatic rings. The zero-order chi connectivity index (χ0) is 99.6. The number of fused-ring (bicyclic) bond motifs is 4. The predicted molar refractivity (Wildman–Crippen MR) is 471 cm³/mol. The van der Waals surface area contributed by atoms with Crippen LogP contribution in [0.3, 0.4) is 0 Å². The molecule has 0 radical (unpaired) electrons. The monoisotopic (exact) mass is 2130 g/mol. The molecule has 758 valence electrons. The Morgan fingerprint density at radius 2 is 0.810 bits per heavy atom. The molecule has 0 amide bonds. The molecule has 14 N–H and O–H groups in total. The zero-order valence-corrected chi connectivity index (χ0v) is 80.9. The number of alkyl halides is 1. The molecule has 4 saturated heterocycles. The average molecular weight is 2140 g/mol. The van der Waals surface area contributed by atoms with E-state index >= 15 is 0 Å². The second kappa shape index (κ2) is 50.4. The van der Waals surface area contributed by atoms with Crippen molar-refractivity contribution < 1.29 is 164 Å². The number of ether oxygens (including phenoxy) is 16. The van der Waals surface area contributed by atoms with Crippen LogP contribution in [0.15, 0.2) is 19.2 Å². The number of hydrogen-bond donors (Lipinski definition) is 10. The number of hydrogen-bond acceptors (Lipinski definition) is 46. The van der Waals surface area contributed by atoms with Crippen molar-refractivity contribution in [3.05, 3.63) is 59.4 Å². The summed E-state index contributed by atoms with van der Waals surface area (Å²) < 4.78 is 92.2. The van der Waals surface area contributed by atoms with Gasteiger partial charge in [0.2, 0.25) is 23.8 Å². The average Bonchev–Trinajstić information content (AvgIpc) is 1.56. The number of nitrogens with one attached hydrogen (secondary N) is 3. The summed E-state index contributed by atoms with van der Waals surface area (Å²) in [6.07, 6.45) is -10.9. The van der Waals surface area contributed by atoms with Crippen LogP contribution in [0.2, 0.25) is 10.3 Å². The fourth-order valence-corrected chi connectivity index (χ4v) is 15.0. The standard InChI is InChI=1S/C20H24ClN5O8.C20H27N5O9.C16H18ClN5O8.C14H21N5O6.C4H7Br.C4H6O3.CH3.Pd/c1-8(27)31-7-12-14(32-9(2)28)15(33-10(3)29)18(34-12)26-17-13(16(21)23-19(22)24-17)25(20(26)30)6-11-4-5-11;1-5-6-7-30-20-22-13-16(23-19(21)24-17(13)29)25(20)18-15(33-11(4)28)14(32-10(3)27)12(34-18)8-31-9(2)26;1-5(23)27-4-8-10(28-6(2)24)11(29-7(3)25)14(30-8)22-13-9(19-16(22)26)12(17)20-15(18)21-13;1-2-3-4-24-14-16-7-10(17-13(15)18-11(7)23)19(14)12-9(22)8(21)6(5-20)25-12;5-3-4-1-2-4;1-3(5)7-4(2)6;;/h11-12,14-15,18H,4-7H2,1-3H3,(H2,22,23,24);12,14-15,18H,5-8H2,1-4H3,(H3,21,23,24,29);8,10-11,14H,4H2,1-3H3,(H,19,26)(H2,18,20,21);6,8-9,12,20-22H,2-5H2,1H3,(H3,15,17,18,23);4H,1-3H2;1-2H3;1H3;/q;;;;;;-1;/t2*12-,14+,15-,18-;8-,10+,11-,14-;6-,8+,9-,12-;;;;/m1111..../s1. The van der Waals surface area contributed by atoms with Crippen LogP contribution in [0.4, 0.5) is 23.8 Å². The molecule has 6 fully saturated rings. The Bertz CT molecular complexity index is 5910. The van der Waals surface area contributed by atoms with Gasteiger partial charge in [-0.25, -0.2) is 27.9 Å². The normalized spacial score (nSPS) is 22.6. The van der Waals surface area contributed by atoms with Gasteiger partial charge in [0.05, 0.1) is 19.8 Å². The number of nitrogens with zero attached hydrogens (tertiary/aromatic N) is 13. The van der Waals surface area contributed by atoms with E-state index in [1.165, 1.54) is 87.3 Å². The molecule has 2 saturated carbocycles. The number of nitrogens with two attached hydrogens (primary N) is 4. The fourth-order valence-electron chi connectivity index (χ4n) is 13.8. The molecule has 0 unspecified atom stereocenters. The number of H-pyrrole nitrogens is 3. The Labute approximate surface area is 808 Å². The molecule has 8 aromatic rings. The first-order valence-corrected chi connectivity index (χ1v) is 43.6. The van der Waals surface area contributed by atoms with E-state index in [-0.39, 0.29) is 145 Å². The number of imidazole rings is 4. The summed E-state index contributed by atoms with van der Waals surface area (Å²) in [6, 6.07) is -0.0224. The van der Waals surface area contributed by atoms with Crippen molar-refractivity contribution in [3.63, 3.8) is 0 Å². The van der Waals surface area contributed by atoms with E-state index in [0.717, 1.165) is 67.9 Å². The van der Waals surface area contributed by atoms with Crippen molar-refractivity contribution in [2.75, 3.05) is 67.9 Å². The molecule has 8 aromatic heterocycles. The molecule has 2 aliphatic carbocycles. The first-order valence-electron chi connectivity index (χ1n) is 41.8. The van der Waals surface area contributed by atoms with Gasteiger partial charge < -0.3 is 126 Å². The number of aliphatic hydroxyl groups excluding tert-OH is 3. The summed E-state index contributed by atoms with van der Waals surface area (Å²) >= 11 is 15.7. The zero-order valence-electron chi connectivity index (χ0n) is 76.3. The maximum atomic E-state index is 13.6. The molecule has 54 nitrogen and oxygen atoms in total. The molecule has 12 heterocycles. The molecule has 0 aromatic carbocycles. The number of unbranched alkanes of at least 4 members (excludes halogenated alkanes) is 2. The minimum absolute atomic E-state index is 0. The van der Waals surface area contributed by atoms with E-state index < -0.39 is 193 Å². The molecule has 0 spiro atoms. The fraction of sp³-hybridized carbons (Fsp3) is 0.595. The molecule has 16 atom stereocenters. The van der Waals surface area contributed by atoms with Gasteiger partial charge in [0, 0.05) is 108 Å². The van der Waals surface area contributed by atoms with Crippen LogP contribution in [-0.2, 0) is 146 Å². The summed E-state index contributed by atoms with van der Waals surface area (Å²) in [7, 11) is 0. The van der Waals surface area contributed by atoms with Crippen LogP contribution in [0.25, 0.3) is 44.7 Å². The third kappa shape index (κ3) is 29.3. The Kier molecular flexibility index (Phi) is 41.2. The summed E-state index contributed by atoms with van der Waals surface area (Å²) in [5.74, 6) is -6.45. The van der Waals surface area contributed by atoms with Gasteiger partial charge in [-0.3, -0.25) is 76.9 Å². The Morgan fingerprint density at radius 1 is 0.445 bits per heavy atom. The minimum Gasteiger partial charge on any atom is -0.465 e. The molecule has 4 aliphatic heterocycles. The number of carbonyl (C=O) groups excluding carboxylic acids is 11. The summed E-state index contributed by atoms with van der Waals surface area (Å²) in [5.41, 5.74) is 20.7. The van der Waals surface area contributed by atoms with Gasteiger partial charge in [0.25, 0.3) is 11.1 Å². The van der Waals surface area contributed by atoms with Gasteiger partial charge in [0.15, 0.2) is 105 Å². The van der Waals surface area contributed by atoms with E-state index in [1.54, 1.807) is 0 Å². The van der Waals surface area contributed by atoms with Crippen LogP contribution in [-0.4, -0.2) is 277 Å². The maximum absolute atomic E-state index is 13.6.